The first-order chi connectivity index (χ1) is 10.9. The zero-order chi connectivity index (χ0) is 16.1. The zero-order valence-corrected chi connectivity index (χ0v) is 15.6. The first-order valence-corrected chi connectivity index (χ1v) is 10.4. The highest BCUT2D eigenvalue weighted by Gasteiger charge is 1.94. The van der Waals surface area contributed by atoms with Crippen molar-refractivity contribution in [3.05, 3.63) is 6.92 Å². The van der Waals surface area contributed by atoms with Crippen molar-refractivity contribution in [3.8, 4) is 0 Å². The molecular weight excluding hydrogens is 266 g/mol. The van der Waals surface area contributed by atoms with E-state index in [2.05, 4.69) is 19.2 Å². The predicted molar refractivity (Wildman–Crippen MR) is 102 cm³/mol. The molecule has 0 aromatic rings. The third-order valence-electron chi connectivity index (χ3n) is 4.56. The summed E-state index contributed by atoms with van der Waals surface area (Å²) in [7, 11) is 0. The van der Waals surface area contributed by atoms with Gasteiger partial charge in [0.2, 0.25) is 0 Å². The number of hydrogen-bond donors (Lipinski definition) is 1. The molecule has 0 aliphatic heterocycles. The smallest absolute Gasteiger partial charge is 0.00489 e. The Kier molecular flexibility index (Phi) is 20.9. The van der Waals surface area contributed by atoms with Gasteiger partial charge in [0.25, 0.3) is 0 Å². The first-order valence-electron chi connectivity index (χ1n) is 10.4. The van der Waals surface area contributed by atoms with Gasteiger partial charge in [0.15, 0.2) is 0 Å². The van der Waals surface area contributed by atoms with Crippen LogP contribution < -0.4 is 5.32 Å². The average molecular weight is 311 g/mol. The van der Waals surface area contributed by atoms with E-state index in [0.717, 1.165) is 13.0 Å². The van der Waals surface area contributed by atoms with E-state index >= 15 is 0 Å². The molecule has 0 spiro atoms. The molecule has 1 radical (unpaired) electrons. The predicted octanol–water partition coefficient (Wildman–Crippen LogP) is 7.06. The van der Waals surface area contributed by atoms with Crippen LogP contribution in [0.3, 0.4) is 0 Å². The summed E-state index contributed by atoms with van der Waals surface area (Å²) in [6.07, 6.45) is 24.2. The van der Waals surface area contributed by atoms with Crippen LogP contribution in [0.1, 0.15) is 116 Å². The molecule has 0 aliphatic carbocycles. The highest BCUT2D eigenvalue weighted by Crippen LogP contribution is 2.13. The Morgan fingerprint density at radius 1 is 0.500 bits per heavy atom. The van der Waals surface area contributed by atoms with Crippen LogP contribution in [-0.4, -0.2) is 13.1 Å². The Balaban J connectivity index is 2.91. The lowest BCUT2D eigenvalue weighted by Gasteiger charge is -2.04. The molecule has 0 heterocycles. The number of rotatable bonds is 19. The normalized spacial score (nSPS) is 11.2. The second-order valence-electron chi connectivity index (χ2n) is 6.91. The van der Waals surface area contributed by atoms with E-state index in [1.165, 1.54) is 109 Å². The highest BCUT2D eigenvalue weighted by molar-refractivity contribution is 4.52. The lowest BCUT2D eigenvalue weighted by molar-refractivity contribution is 0.525. The van der Waals surface area contributed by atoms with Gasteiger partial charge in [-0.1, -0.05) is 110 Å². The van der Waals surface area contributed by atoms with Crippen molar-refractivity contribution in [2.45, 2.75) is 116 Å². The minimum atomic E-state index is 1.01. The van der Waals surface area contributed by atoms with Crippen molar-refractivity contribution in [2.24, 2.45) is 0 Å². The summed E-state index contributed by atoms with van der Waals surface area (Å²) in [6, 6.07) is 0. The van der Waals surface area contributed by atoms with Crippen molar-refractivity contribution in [1.29, 1.82) is 0 Å². The molecule has 0 aromatic carbocycles. The molecule has 0 fully saturated rings. The monoisotopic (exact) mass is 310 g/mol. The van der Waals surface area contributed by atoms with E-state index < -0.39 is 0 Å². The summed E-state index contributed by atoms with van der Waals surface area (Å²) in [6.45, 7) is 8.40. The van der Waals surface area contributed by atoms with E-state index in [0.29, 0.717) is 0 Å². The maximum atomic E-state index is 3.84. The van der Waals surface area contributed by atoms with Gasteiger partial charge in [-0.15, -0.1) is 0 Å². The number of nitrogens with one attached hydrogen (secondary N) is 1. The summed E-state index contributed by atoms with van der Waals surface area (Å²) in [4.78, 5) is 0. The van der Waals surface area contributed by atoms with E-state index in [9.17, 15) is 0 Å². The van der Waals surface area contributed by atoms with Crippen LogP contribution in [0.25, 0.3) is 0 Å². The minimum Gasteiger partial charge on any atom is -0.317 e. The Hall–Kier alpha value is -0.0400. The van der Waals surface area contributed by atoms with Crippen LogP contribution in [0.15, 0.2) is 0 Å². The second-order valence-corrected chi connectivity index (χ2v) is 6.91. The van der Waals surface area contributed by atoms with E-state index in [4.69, 9.17) is 0 Å². The van der Waals surface area contributed by atoms with Crippen molar-refractivity contribution >= 4 is 0 Å². The van der Waals surface area contributed by atoms with Gasteiger partial charge in [0, 0.05) is 0 Å². The summed E-state index contributed by atoms with van der Waals surface area (Å²) in [5, 5.41) is 3.42. The van der Waals surface area contributed by atoms with Gasteiger partial charge in [-0.25, -0.2) is 0 Å². The van der Waals surface area contributed by atoms with Crippen molar-refractivity contribution in [3.63, 3.8) is 0 Å². The van der Waals surface area contributed by atoms with Crippen LogP contribution in [0.5, 0.6) is 0 Å². The van der Waals surface area contributed by atoms with Gasteiger partial charge in [-0.2, -0.15) is 0 Å². The van der Waals surface area contributed by atoms with Gasteiger partial charge in [-0.3, -0.25) is 0 Å². The van der Waals surface area contributed by atoms with Crippen molar-refractivity contribution < 1.29 is 0 Å². The molecule has 1 nitrogen and oxygen atoms in total. The third kappa shape index (κ3) is 20.0. The average Bonchev–Trinajstić information content (AvgIpc) is 2.54. The Morgan fingerprint density at radius 3 is 1.23 bits per heavy atom. The summed E-state index contributed by atoms with van der Waals surface area (Å²) >= 11 is 0. The largest absolute Gasteiger partial charge is 0.317 e. The Bertz CT molecular complexity index is 159. The fraction of sp³-hybridized carbons (Fsp3) is 0.952. The molecule has 133 valence electrons. The number of hydrogen-bond acceptors (Lipinski definition) is 1. The maximum absolute atomic E-state index is 3.84. The molecule has 22 heavy (non-hydrogen) atoms. The quantitative estimate of drug-likeness (QED) is 0.252. The number of unbranched alkanes of at least 4 members (excludes halogenated alkanes) is 15. The standard InChI is InChI=1S/C21H44N/c1-3-5-6-7-8-9-10-11-12-13-14-15-16-17-18-19-21-22-20-4-2/h22H,2-21H2,1H3. The van der Waals surface area contributed by atoms with Gasteiger partial charge in [0.1, 0.15) is 0 Å². The van der Waals surface area contributed by atoms with Crippen LogP contribution in [-0.2, 0) is 0 Å². The van der Waals surface area contributed by atoms with Crippen LogP contribution in [0.2, 0.25) is 0 Å². The lowest BCUT2D eigenvalue weighted by atomic mass is 10.0. The summed E-state index contributed by atoms with van der Waals surface area (Å²) in [5.74, 6) is 0. The maximum Gasteiger partial charge on any atom is -0.00489 e. The Labute approximate surface area is 142 Å². The molecule has 1 N–H and O–H groups in total. The SMILES string of the molecule is [CH2]CCNCCCCCCCCCCCCCCCCCC. The van der Waals surface area contributed by atoms with Crippen molar-refractivity contribution in [1.82, 2.24) is 5.32 Å². The van der Waals surface area contributed by atoms with Crippen LogP contribution in [0, 0.1) is 6.92 Å². The molecule has 0 saturated heterocycles. The fourth-order valence-corrected chi connectivity index (χ4v) is 3.05. The minimum absolute atomic E-state index is 1.01. The molecule has 0 bridgehead atoms. The summed E-state index contributed by atoms with van der Waals surface area (Å²) < 4.78 is 0. The van der Waals surface area contributed by atoms with Gasteiger partial charge in [0.05, 0.1) is 0 Å². The Morgan fingerprint density at radius 2 is 0.864 bits per heavy atom. The van der Waals surface area contributed by atoms with Gasteiger partial charge >= 0.3 is 0 Å². The molecule has 0 aliphatic rings. The summed E-state index contributed by atoms with van der Waals surface area (Å²) in [5.41, 5.74) is 0. The first kappa shape index (κ1) is 22.0. The molecule has 0 amide bonds. The van der Waals surface area contributed by atoms with Crippen LogP contribution in [0.4, 0.5) is 0 Å². The van der Waals surface area contributed by atoms with E-state index in [1.807, 2.05) is 0 Å². The molecule has 1 heteroatoms. The molecule has 0 saturated carbocycles. The van der Waals surface area contributed by atoms with Gasteiger partial charge in [-0.05, 0) is 25.9 Å². The van der Waals surface area contributed by atoms with E-state index in [1.54, 1.807) is 0 Å². The van der Waals surface area contributed by atoms with Gasteiger partial charge < -0.3 is 5.32 Å². The topological polar surface area (TPSA) is 12.0 Å². The fourth-order valence-electron chi connectivity index (χ4n) is 3.05. The molecule has 0 unspecified atom stereocenters. The molecule has 0 atom stereocenters. The lowest BCUT2D eigenvalue weighted by Crippen LogP contribution is -2.15. The molecule has 0 aromatic heterocycles. The highest BCUT2D eigenvalue weighted by atomic mass is 14.8. The zero-order valence-electron chi connectivity index (χ0n) is 15.6. The third-order valence-corrected chi connectivity index (χ3v) is 4.56. The second kappa shape index (κ2) is 21.0. The molecular formula is C21H44N. The van der Waals surface area contributed by atoms with Crippen molar-refractivity contribution in [2.75, 3.05) is 13.1 Å². The molecule has 0 rings (SSSR count). The van der Waals surface area contributed by atoms with Crippen LogP contribution >= 0.6 is 0 Å². The van der Waals surface area contributed by atoms with E-state index in [-0.39, 0.29) is 0 Å².